The SMILES string of the molecule is CCCCCCCCCCCCN1CCCC(CBr)C1. The first-order valence-corrected chi connectivity index (χ1v) is 10.3. The Hall–Kier alpha value is 0.440. The first-order valence-electron chi connectivity index (χ1n) is 9.15. The van der Waals surface area contributed by atoms with Gasteiger partial charge < -0.3 is 4.90 Å². The van der Waals surface area contributed by atoms with Crippen molar-refractivity contribution in [1.29, 1.82) is 0 Å². The Morgan fingerprint density at radius 2 is 1.50 bits per heavy atom. The Bertz CT molecular complexity index is 208. The van der Waals surface area contributed by atoms with Crippen LogP contribution in [0.25, 0.3) is 0 Å². The van der Waals surface area contributed by atoms with E-state index in [1.54, 1.807) is 0 Å². The highest BCUT2D eigenvalue weighted by atomic mass is 79.9. The van der Waals surface area contributed by atoms with Crippen molar-refractivity contribution in [3.8, 4) is 0 Å². The van der Waals surface area contributed by atoms with E-state index in [1.165, 1.54) is 102 Å². The average Bonchev–Trinajstić information content (AvgIpc) is 2.49. The lowest BCUT2D eigenvalue weighted by molar-refractivity contribution is 0.183. The zero-order valence-electron chi connectivity index (χ0n) is 13.7. The van der Waals surface area contributed by atoms with Crippen molar-refractivity contribution in [2.24, 2.45) is 5.92 Å². The van der Waals surface area contributed by atoms with Crippen LogP contribution in [0, 0.1) is 5.92 Å². The maximum atomic E-state index is 3.64. The summed E-state index contributed by atoms with van der Waals surface area (Å²) in [6.45, 7) is 6.33. The monoisotopic (exact) mass is 345 g/mol. The summed E-state index contributed by atoms with van der Waals surface area (Å²) in [6, 6.07) is 0. The summed E-state index contributed by atoms with van der Waals surface area (Å²) in [5.74, 6) is 0.909. The molecule has 2 heteroatoms. The lowest BCUT2D eigenvalue weighted by atomic mass is 10.00. The van der Waals surface area contributed by atoms with E-state index in [-0.39, 0.29) is 0 Å². The van der Waals surface area contributed by atoms with Crippen molar-refractivity contribution < 1.29 is 0 Å². The standard InChI is InChI=1S/C18H36BrN/c1-2-3-4-5-6-7-8-9-10-11-14-20-15-12-13-18(16-19)17-20/h18H,2-17H2,1H3. The molecule has 0 aromatic heterocycles. The van der Waals surface area contributed by atoms with E-state index in [0.29, 0.717) is 0 Å². The minimum Gasteiger partial charge on any atom is -0.303 e. The molecule has 20 heavy (non-hydrogen) atoms. The zero-order chi connectivity index (χ0) is 14.5. The van der Waals surface area contributed by atoms with Crippen molar-refractivity contribution in [3.63, 3.8) is 0 Å². The summed E-state index contributed by atoms with van der Waals surface area (Å²) in [7, 11) is 0. The summed E-state index contributed by atoms with van der Waals surface area (Å²) >= 11 is 3.64. The predicted molar refractivity (Wildman–Crippen MR) is 94.8 cm³/mol. The van der Waals surface area contributed by atoms with E-state index < -0.39 is 0 Å². The Morgan fingerprint density at radius 1 is 0.900 bits per heavy atom. The second-order valence-electron chi connectivity index (χ2n) is 6.65. The van der Waals surface area contributed by atoms with E-state index >= 15 is 0 Å². The number of alkyl halides is 1. The van der Waals surface area contributed by atoms with Gasteiger partial charge in [-0.15, -0.1) is 0 Å². The second-order valence-corrected chi connectivity index (χ2v) is 7.29. The Labute approximate surface area is 136 Å². The quantitative estimate of drug-likeness (QED) is 0.309. The van der Waals surface area contributed by atoms with Gasteiger partial charge in [-0.2, -0.15) is 0 Å². The molecule has 1 atom stereocenters. The molecule has 0 bridgehead atoms. The molecule has 0 amide bonds. The van der Waals surface area contributed by atoms with Gasteiger partial charge in [0.15, 0.2) is 0 Å². The molecule has 0 aromatic carbocycles. The summed E-state index contributed by atoms with van der Waals surface area (Å²) in [5.41, 5.74) is 0. The summed E-state index contributed by atoms with van der Waals surface area (Å²) < 4.78 is 0. The minimum atomic E-state index is 0.909. The van der Waals surface area contributed by atoms with Gasteiger partial charge >= 0.3 is 0 Å². The number of unbranched alkanes of at least 4 members (excludes halogenated alkanes) is 9. The molecule has 1 fully saturated rings. The van der Waals surface area contributed by atoms with Crippen LogP contribution in [0.4, 0.5) is 0 Å². The van der Waals surface area contributed by atoms with Crippen LogP contribution >= 0.6 is 15.9 Å². The smallest absolute Gasteiger partial charge is 0.00718 e. The van der Waals surface area contributed by atoms with E-state index in [2.05, 4.69) is 27.8 Å². The summed E-state index contributed by atoms with van der Waals surface area (Å²) in [5, 5.41) is 1.20. The number of halogens is 1. The number of rotatable bonds is 12. The molecule has 1 unspecified atom stereocenters. The van der Waals surface area contributed by atoms with Crippen molar-refractivity contribution >= 4 is 15.9 Å². The second kappa shape index (κ2) is 13.1. The van der Waals surface area contributed by atoms with Crippen LogP contribution in [-0.4, -0.2) is 29.9 Å². The summed E-state index contributed by atoms with van der Waals surface area (Å²) in [6.07, 6.45) is 17.3. The van der Waals surface area contributed by atoms with Crippen molar-refractivity contribution in [2.75, 3.05) is 25.0 Å². The third-order valence-electron chi connectivity index (χ3n) is 4.65. The van der Waals surface area contributed by atoms with Gasteiger partial charge in [0.25, 0.3) is 0 Å². The Kier molecular flexibility index (Phi) is 12.1. The maximum Gasteiger partial charge on any atom is 0.00718 e. The van der Waals surface area contributed by atoms with E-state index in [9.17, 15) is 0 Å². The molecular weight excluding hydrogens is 310 g/mol. The average molecular weight is 346 g/mol. The molecular formula is C18H36BrN. The van der Waals surface area contributed by atoms with E-state index in [4.69, 9.17) is 0 Å². The van der Waals surface area contributed by atoms with Gasteiger partial charge in [-0.1, -0.05) is 80.6 Å². The molecule has 0 N–H and O–H groups in total. The molecule has 1 aliphatic rings. The topological polar surface area (TPSA) is 3.24 Å². The Balaban J connectivity index is 1.82. The number of hydrogen-bond acceptors (Lipinski definition) is 1. The minimum absolute atomic E-state index is 0.909. The third kappa shape index (κ3) is 9.39. The molecule has 1 nitrogen and oxygen atoms in total. The number of hydrogen-bond donors (Lipinski definition) is 0. The van der Waals surface area contributed by atoms with Crippen molar-refractivity contribution in [2.45, 2.75) is 84.0 Å². The maximum absolute atomic E-state index is 3.64. The largest absolute Gasteiger partial charge is 0.303 e. The highest BCUT2D eigenvalue weighted by Gasteiger charge is 2.17. The molecule has 0 spiro atoms. The first-order chi connectivity index (χ1) is 9.86. The van der Waals surface area contributed by atoms with Crippen LogP contribution in [0.3, 0.4) is 0 Å². The van der Waals surface area contributed by atoms with Crippen molar-refractivity contribution in [1.82, 2.24) is 4.90 Å². The van der Waals surface area contributed by atoms with Crippen LogP contribution in [0.1, 0.15) is 84.0 Å². The van der Waals surface area contributed by atoms with Crippen LogP contribution < -0.4 is 0 Å². The van der Waals surface area contributed by atoms with Crippen molar-refractivity contribution in [3.05, 3.63) is 0 Å². The van der Waals surface area contributed by atoms with Gasteiger partial charge in [-0.3, -0.25) is 0 Å². The third-order valence-corrected chi connectivity index (χ3v) is 5.56. The molecule has 0 aliphatic carbocycles. The predicted octanol–water partition coefficient (Wildman–Crippen LogP) is 6.01. The van der Waals surface area contributed by atoms with Gasteiger partial charge in [0.2, 0.25) is 0 Å². The number of piperidine rings is 1. The number of likely N-dealkylation sites (tertiary alicyclic amines) is 1. The molecule has 0 saturated carbocycles. The van der Waals surface area contributed by atoms with Crippen LogP contribution in [0.2, 0.25) is 0 Å². The van der Waals surface area contributed by atoms with Crippen LogP contribution in [0.5, 0.6) is 0 Å². The van der Waals surface area contributed by atoms with Gasteiger partial charge in [-0.25, -0.2) is 0 Å². The van der Waals surface area contributed by atoms with E-state index in [0.717, 1.165) is 5.92 Å². The molecule has 120 valence electrons. The fourth-order valence-electron chi connectivity index (χ4n) is 3.30. The molecule has 1 heterocycles. The van der Waals surface area contributed by atoms with E-state index in [1.807, 2.05) is 0 Å². The van der Waals surface area contributed by atoms with Gasteiger partial charge in [-0.05, 0) is 38.3 Å². The normalized spacial score (nSPS) is 20.4. The first kappa shape index (κ1) is 18.5. The van der Waals surface area contributed by atoms with Gasteiger partial charge in [0, 0.05) is 11.9 Å². The molecule has 0 radical (unpaired) electrons. The fourth-order valence-corrected chi connectivity index (χ4v) is 3.83. The lowest BCUT2D eigenvalue weighted by Crippen LogP contribution is -2.36. The zero-order valence-corrected chi connectivity index (χ0v) is 15.3. The summed E-state index contributed by atoms with van der Waals surface area (Å²) in [4.78, 5) is 2.69. The van der Waals surface area contributed by atoms with Crippen LogP contribution in [0.15, 0.2) is 0 Å². The number of nitrogens with zero attached hydrogens (tertiary/aromatic N) is 1. The highest BCUT2D eigenvalue weighted by molar-refractivity contribution is 9.09. The fraction of sp³-hybridized carbons (Fsp3) is 1.00. The molecule has 0 aromatic rings. The molecule has 1 rings (SSSR count). The molecule has 1 saturated heterocycles. The van der Waals surface area contributed by atoms with Gasteiger partial charge in [0.05, 0.1) is 0 Å². The van der Waals surface area contributed by atoms with Gasteiger partial charge in [0.1, 0.15) is 0 Å². The lowest BCUT2D eigenvalue weighted by Gasteiger charge is -2.31. The molecule has 1 aliphatic heterocycles. The highest BCUT2D eigenvalue weighted by Crippen LogP contribution is 2.19. The Morgan fingerprint density at radius 3 is 2.10 bits per heavy atom. The van der Waals surface area contributed by atoms with Crippen LogP contribution in [-0.2, 0) is 0 Å².